The summed E-state index contributed by atoms with van der Waals surface area (Å²) < 4.78 is 0. The molecule has 2 N–H and O–H groups in total. The van der Waals surface area contributed by atoms with Gasteiger partial charge in [0.05, 0.1) is 6.61 Å². The van der Waals surface area contributed by atoms with Crippen LogP contribution < -0.4 is 0 Å². The summed E-state index contributed by atoms with van der Waals surface area (Å²) in [6.45, 7) is 0.477. The molecule has 0 spiro atoms. The lowest BCUT2D eigenvalue weighted by molar-refractivity contribution is 0.282. The molecular formula is C14H14NO2-. The van der Waals surface area contributed by atoms with Gasteiger partial charge in [-0.05, 0) is 17.7 Å². The van der Waals surface area contributed by atoms with Crippen LogP contribution in [0.15, 0.2) is 48.5 Å². The summed E-state index contributed by atoms with van der Waals surface area (Å²) >= 11 is 0. The first-order chi connectivity index (χ1) is 8.29. The highest BCUT2D eigenvalue weighted by molar-refractivity contribution is 5.55. The average molecular weight is 228 g/mol. The van der Waals surface area contributed by atoms with Crippen LogP contribution in [0.5, 0.6) is 5.75 Å². The summed E-state index contributed by atoms with van der Waals surface area (Å²) in [6, 6.07) is 14.5. The molecule has 0 unspecified atom stereocenters. The third-order valence-electron chi connectivity index (χ3n) is 2.50. The minimum atomic E-state index is -0.0142. The predicted molar refractivity (Wildman–Crippen MR) is 67.2 cm³/mol. The Kier molecular flexibility index (Phi) is 3.62. The van der Waals surface area contributed by atoms with Crippen molar-refractivity contribution < 1.29 is 10.2 Å². The highest BCUT2D eigenvalue weighted by Gasteiger charge is 1.92. The normalized spacial score (nSPS) is 10.2. The van der Waals surface area contributed by atoms with Crippen LogP contribution in [0.4, 0.5) is 5.69 Å². The van der Waals surface area contributed by atoms with Gasteiger partial charge in [-0.1, -0.05) is 42.0 Å². The molecule has 0 saturated carbocycles. The second kappa shape index (κ2) is 5.37. The molecule has 3 heteroatoms. The van der Waals surface area contributed by atoms with Gasteiger partial charge in [0, 0.05) is 0 Å². The number of aliphatic hydroxyl groups is 1. The summed E-state index contributed by atoms with van der Waals surface area (Å²) in [4.78, 5) is 0. The van der Waals surface area contributed by atoms with Crippen LogP contribution in [0.1, 0.15) is 11.1 Å². The van der Waals surface area contributed by atoms with Crippen molar-refractivity contribution in [2.24, 2.45) is 0 Å². The smallest absolute Gasteiger partial charge is 0.115 e. The van der Waals surface area contributed by atoms with Gasteiger partial charge < -0.3 is 15.5 Å². The summed E-state index contributed by atoms with van der Waals surface area (Å²) in [6.07, 6.45) is 0. The molecular weight excluding hydrogens is 214 g/mol. The summed E-state index contributed by atoms with van der Waals surface area (Å²) in [5.74, 6) is 0.244. The second-order valence-electron chi connectivity index (χ2n) is 3.77. The molecule has 0 aromatic heterocycles. The Morgan fingerprint density at radius 1 is 1.00 bits per heavy atom. The zero-order chi connectivity index (χ0) is 12.1. The van der Waals surface area contributed by atoms with E-state index in [1.54, 1.807) is 18.2 Å². The van der Waals surface area contributed by atoms with E-state index in [1.165, 1.54) is 0 Å². The molecule has 88 valence electrons. The van der Waals surface area contributed by atoms with Crippen molar-refractivity contribution >= 4 is 5.69 Å². The second-order valence-corrected chi connectivity index (χ2v) is 3.77. The zero-order valence-electron chi connectivity index (χ0n) is 9.37. The lowest BCUT2D eigenvalue weighted by Gasteiger charge is -2.24. The van der Waals surface area contributed by atoms with Crippen LogP contribution in [0.3, 0.4) is 0 Å². The van der Waals surface area contributed by atoms with Gasteiger partial charge in [0.1, 0.15) is 5.75 Å². The van der Waals surface area contributed by atoms with E-state index in [-0.39, 0.29) is 12.4 Å². The van der Waals surface area contributed by atoms with Crippen molar-refractivity contribution in [3.8, 4) is 5.75 Å². The molecule has 0 aliphatic carbocycles. The van der Waals surface area contributed by atoms with Crippen LogP contribution in [-0.2, 0) is 13.2 Å². The fourth-order valence-corrected chi connectivity index (χ4v) is 1.63. The van der Waals surface area contributed by atoms with Crippen molar-refractivity contribution in [3.63, 3.8) is 0 Å². The molecule has 0 radical (unpaired) electrons. The van der Waals surface area contributed by atoms with E-state index in [1.807, 2.05) is 30.3 Å². The van der Waals surface area contributed by atoms with Crippen molar-refractivity contribution in [2.75, 3.05) is 0 Å². The number of benzene rings is 2. The maximum absolute atomic E-state index is 9.33. The predicted octanol–water partition coefficient (Wildman–Crippen LogP) is 3.09. The Morgan fingerprint density at radius 2 is 1.82 bits per heavy atom. The summed E-state index contributed by atoms with van der Waals surface area (Å²) in [5.41, 5.74) is 2.55. The molecule has 0 atom stereocenters. The van der Waals surface area contributed by atoms with Crippen LogP contribution in [0.25, 0.3) is 5.32 Å². The Hall–Kier alpha value is -2.00. The molecule has 17 heavy (non-hydrogen) atoms. The maximum atomic E-state index is 9.33. The van der Waals surface area contributed by atoms with Gasteiger partial charge in [-0.15, -0.1) is 12.2 Å². The lowest BCUT2D eigenvalue weighted by atomic mass is 10.1. The first-order valence-electron chi connectivity index (χ1n) is 5.44. The van der Waals surface area contributed by atoms with Crippen LogP contribution >= 0.6 is 0 Å². The Labute approximate surface area is 100 Å². The average Bonchev–Trinajstić information content (AvgIpc) is 2.37. The van der Waals surface area contributed by atoms with Gasteiger partial charge >= 0.3 is 0 Å². The molecule has 0 heterocycles. The van der Waals surface area contributed by atoms with E-state index in [0.717, 1.165) is 16.8 Å². The summed E-state index contributed by atoms with van der Waals surface area (Å²) in [5, 5.41) is 22.9. The minimum absolute atomic E-state index is 0.0142. The number of hydrogen-bond donors (Lipinski definition) is 2. The molecule has 0 fully saturated rings. The third-order valence-corrected chi connectivity index (χ3v) is 2.50. The van der Waals surface area contributed by atoms with E-state index >= 15 is 0 Å². The monoisotopic (exact) mass is 228 g/mol. The van der Waals surface area contributed by atoms with Crippen LogP contribution in [0, 0.1) is 0 Å². The van der Waals surface area contributed by atoms with Gasteiger partial charge in [-0.2, -0.15) is 0 Å². The molecule has 0 aliphatic heterocycles. The van der Waals surface area contributed by atoms with E-state index in [9.17, 15) is 5.11 Å². The topological polar surface area (TPSA) is 54.6 Å². The minimum Gasteiger partial charge on any atom is -0.680 e. The number of nitrogens with zero attached hydrogens (tertiary/aromatic N) is 1. The van der Waals surface area contributed by atoms with Crippen molar-refractivity contribution in [3.05, 3.63) is 65.0 Å². The number of rotatable bonds is 4. The molecule has 0 bridgehead atoms. The Morgan fingerprint density at radius 3 is 2.59 bits per heavy atom. The van der Waals surface area contributed by atoms with E-state index in [0.29, 0.717) is 6.54 Å². The molecule has 0 saturated heterocycles. The Balaban J connectivity index is 2.07. The maximum Gasteiger partial charge on any atom is 0.115 e. The van der Waals surface area contributed by atoms with E-state index in [2.05, 4.69) is 5.32 Å². The fourth-order valence-electron chi connectivity index (χ4n) is 1.63. The van der Waals surface area contributed by atoms with E-state index in [4.69, 9.17) is 5.11 Å². The highest BCUT2D eigenvalue weighted by Crippen LogP contribution is 2.26. The van der Waals surface area contributed by atoms with Gasteiger partial charge in [0.15, 0.2) is 0 Å². The molecule has 3 nitrogen and oxygen atoms in total. The van der Waals surface area contributed by atoms with Crippen LogP contribution in [-0.4, -0.2) is 10.2 Å². The third kappa shape index (κ3) is 2.98. The van der Waals surface area contributed by atoms with Gasteiger partial charge in [0.25, 0.3) is 0 Å². The van der Waals surface area contributed by atoms with Gasteiger partial charge in [-0.25, -0.2) is 0 Å². The van der Waals surface area contributed by atoms with E-state index < -0.39 is 0 Å². The number of aromatic hydroxyl groups is 1. The molecule has 0 amide bonds. The SMILES string of the molecule is OCc1ccccc1[N-]Cc1cccc(O)c1. The van der Waals surface area contributed by atoms with Gasteiger partial charge in [-0.3, -0.25) is 0 Å². The van der Waals surface area contributed by atoms with Crippen molar-refractivity contribution in [1.29, 1.82) is 0 Å². The molecule has 0 aliphatic rings. The fraction of sp³-hybridized carbons (Fsp3) is 0.143. The number of hydrogen-bond acceptors (Lipinski definition) is 2. The van der Waals surface area contributed by atoms with Crippen molar-refractivity contribution in [2.45, 2.75) is 13.2 Å². The van der Waals surface area contributed by atoms with Crippen LogP contribution in [0.2, 0.25) is 0 Å². The number of phenolic OH excluding ortho intramolecular Hbond substituents is 1. The molecule has 2 rings (SSSR count). The first-order valence-corrected chi connectivity index (χ1v) is 5.44. The quantitative estimate of drug-likeness (QED) is 0.844. The Bertz CT molecular complexity index is 497. The number of phenols is 1. The number of aliphatic hydroxyl groups excluding tert-OH is 1. The summed E-state index contributed by atoms with van der Waals surface area (Å²) in [7, 11) is 0. The first kappa shape index (κ1) is 11.5. The standard InChI is InChI=1S/C14H14NO2/c16-10-12-5-1-2-7-14(12)15-9-11-4-3-6-13(17)8-11/h1-8,16-17H,9-10H2/q-1. The van der Waals surface area contributed by atoms with Crippen molar-refractivity contribution in [1.82, 2.24) is 0 Å². The highest BCUT2D eigenvalue weighted by atomic mass is 16.3. The number of para-hydroxylation sites is 1. The lowest BCUT2D eigenvalue weighted by Crippen LogP contribution is -1.87. The molecule has 2 aromatic carbocycles. The largest absolute Gasteiger partial charge is 0.680 e. The van der Waals surface area contributed by atoms with Gasteiger partial charge in [0.2, 0.25) is 0 Å². The zero-order valence-corrected chi connectivity index (χ0v) is 9.37. The molecule has 2 aromatic rings.